The Morgan fingerprint density at radius 1 is 1.03 bits per heavy atom. The summed E-state index contributed by atoms with van der Waals surface area (Å²) >= 11 is 1.53. The summed E-state index contributed by atoms with van der Waals surface area (Å²) in [5.74, 6) is 1.79. The first kappa shape index (κ1) is 21.1. The van der Waals surface area contributed by atoms with E-state index in [9.17, 15) is 4.79 Å². The van der Waals surface area contributed by atoms with Crippen LogP contribution in [0.15, 0.2) is 58.4 Å². The fourth-order valence-electron chi connectivity index (χ4n) is 3.75. The van der Waals surface area contributed by atoms with E-state index in [-0.39, 0.29) is 11.6 Å². The first-order valence-corrected chi connectivity index (χ1v) is 11.8. The molecule has 2 N–H and O–H groups in total. The van der Waals surface area contributed by atoms with Crippen LogP contribution >= 0.6 is 11.3 Å². The predicted octanol–water partition coefficient (Wildman–Crippen LogP) is 5.49. The maximum atomic E-state index is 12.5. The first-order valence-electron chi connectivity index (χ1n) is 10.9. The molecule has 0 unspecified atom stereocenters. The Morgan fingerprint density at radius 2 is 1.82 bits per heavy atom. The van der Waals surface area contributed by atoms with Gasteiger partial charge in [-0.05, 0) is 61.9 Å². The molecule has 1 amide bonds. The quantitative estimate of drug-likeness (QED) is 0.393. The molecule has 33 heavy (non-hydrogen) atoms. The lowest BCUT2D eigenvalue weighted by atomic mass is 10.1. The Bertz CT molecular complexity index is 1230. The van der Waals surface area contributed by atoms with E-state index in [4.69, 9.17) is 9.51 Å². The highest BCUT2D eigenvalue weighted by Crippen LogP contribution is 2.26. The summed E-state index contributed by atoms with van der Waals surface area (Å²) in [6.45, 7) is 3.97. The fraction of sp³-hybridized carbons (Fsp3) is 0.250. The molecule has 0 aliphatic carbocycles. The molecule has 4 aromatic rings. The topological polar surface area (TPSA) is 96.2 Å². The molecule has 0 spiro atoms. The van der Waals surface area contributed by atoms with Gasteiger partial charge in [-0.3, -0.25) is 4.79 Å². The van der Waals surface area contributed by atoms with Crippen LogP contribution in [0, 0.1) is 6.92 Å². The molecular weight excluding hydrogens is 436 g/mol. The molecule has 1 saturated heterocycles. The average Bonchev–Trinajstić information content (AvgIpc) is 3.53. The number of rotatable bonds is 6. The number of aromatic nitrogens is 3. The number of benzene rings is 1. The van der Waals surface area contributed by atoms with Gasteiger partial charge in [-0.2, -0.15) is 4.98 Å². The van der Waals surface area contributed by atoms with E-state index in [0.717, 1.165) is 41.1 Å². The fourth-order valence-corrected chi connectivity index (χ4v) is 4.42. The van der Waals surface area contributed by atoms with Gasteiger partial charge in [0, 0.05) is 42.3 Å². The smallest absolute Gasteiger partial charge is 0.277 e. The first-order chi connectivity index (χ1) is 16.1. The molecule has 8 nitrogen and oxygen atoms in total. The SMILES string of the molecule is Cc1cc(Nc2ccc(NC(=O)c3cc(-c4cccs4)on3)cc2)nc(N2CCCCC2)n1. The minimum Gasteiger partial charge on any atom is -0.355 e. The highest BCUT2D eigenvalue weighted by atomic mass is 32.1. The molecule has 0 saturated carbocycles. The van der Waals surface area contributed by atoms with Crippen LogP contribution in [0.2, 0.25) is 0 Å². The van der Waals surface area contributed by atoms with Crippen molar-refractivity contribution >= 4 is 40.4 Å². The van der Waals surface area contributed by atoms with Gasteiger partial charge in [0.2, 0.25) is 5.95 Å². The minimum atomic E-state index is -0.320. The number of hydrogen-bond donors (Lipinski definition) is 2. The van der Waals surface area contributed by atoms with E-state index in [1.807, 2.05) is 54.8 Å². The number of piperidine rings is 1. The van der Waals surface area contributed by atoms with Crippen molar-refractivity contribution in [1.82, 2.24) is 15.1 Å². The van der Waals surface area contributed by atoms with Gasteiger partial charge in [0.1, 0.15) is 5.82 Å². The van der Waals surface area contributed by atoms with Crippen molar-refractivity contribution in [3.63, 3.8) is 0 Å². The normalized spacial score (nSPS) is 13.7. The van der Waals surface area contributed by atoms with Gasteiger partial charge in [-0.15, -0.1) is 11.3 Å². The monoisotopic (exact) mass is 460 g/mol. The second-order valence-electron chi connectivity index (χ2n) is 7.95. The molecule has 0 atom stereocenters. The summed E-state index contributed by atoms with van der Waals surface area (Å²) in [4.78, 5) is 25.0. The third kappa shape index (κ3) is 5.04. The van der Waals surface area contributed by atoms with Crippen LogP contribution in [-0.2, 0) is 0 Å². The van der Waals surface area contributed by atoms with Gasteiger partial charge in [0.15, 0.2) is 11.5 Å². The molecule has 1 aliphatic heterocycles. The average molecular weight is 461 g/mol. The molecule has 5 rings (SSSR count). The summed E-state index contributed by atoms with van der Waals surface area (Å²) in [5.41, 5.74) is 2.70. The van der Waals surface area contributed by atoms with E-state index < -0.39 is 0 Å². The summed E-state index contributed by atoms with van der Waals surface area (Å²) < 4.78 is 5.29. The van der Waals surface area contributed by atoms with Crippen LogP contribution in [0.1, 0.15) is 35.4 Å². The highest BCUT2D eigenvalue weighted by molar-refractivity contribution is 7.13. The van der Waals surface area contributed by atoms with Crippen molar-refractivity contribution in [2.75, 3.05) is 28.6 Å². The number of aryl methyl sites for hydroxylation is 1. The van der Waals surface area contributed by atoms with Gasteiger partial charge < -0.3 is 20.1 Å². The largest absolute Gasteiger partial charge is 0.355 e. The Labute approximate surface area is 195 Å². The highest BCUT2D eigenvalue weighted by Gasteiger charge is 2.16. The number of nitrogens with one attached hydrogen (secondary N) is 2. The van der Waals surface area contributed by atoms with Gasteiger partial charge in [0.05, 0.1) is 4.88 Å². The number of anilines is 4. The zero-order chi connectivity index (χ0) is 22.6. The molecule has 1 aliphatic rings. The zero-order valence-electron chi connectivity index (χ0n) is 18.2. The van der Waals surface area contributed by atoms with E-state index in [1.165, 1.54) is 30.6 Å². The summed E-state index contributed by atoms with van der Waals surface area (Å²) in [5, 5.41) is 12.0. The number of amides is 1. The number of nitrogens with zero attached hydrogens (tertiary/aromatic N) is 4. The van der Waals surface area contributed by atoms with Crippen molar-refractivity contribution in [2.24, 2.45) is 0 Å². The maximum absolute atomic E-state index is 12.5. The molecule has 3 aromatic heterocycles. The molecular formula is C24H24N6O2S. The lowest BCUT2D eigenvalue weighted by Crippen LogP contribution is -2.31. The lowest BCUT2D eigenvalue weighted by molar-refractivity contribution is 0.101. The van der Waals surface area contributed by atoms with Gasteiger partial charge in [-0.1, -0.05) is 11.2 Å². The van der Waals surface area contributed by atoms with Crippen molar-refractivity contribution < 1.29 is 9.32 Å². The van der Waals surface area contributed by atoms with Crippen LogP contribution < -0.4 is 15.5 Å². The molecule has 1 aromatic carbocycles. The van der Waals surface area contributed by atoms with E-state index in [1.54, 1.807) is 6.07 Å². The summed E-state index contributed by atoms with van der Waals surface area (Å²) in [6, 6.07) is 14.9. The van der Waals surface area contributed by atoms with Crippen molar-refractivity contribution in [3.8, 4) is 10.6 Å². The third-order valence-electron chi connectivity index (χ3n) is 5.40. The Kier molecular flexibility index (Phi) is 6.03. The zero-order valence-corrected chi connectivity index (χ0v) is 19.1. The molecule has 168 valence electrons. The summed E-state index contributed by atoms with van der Waals surface area (Å²) in [6.07, 6.45) is 3.62. The molecule has 0 bridgehead atoms. The predicted molar refractivity (Wildman–Crippen MR) is 130 cm³/mol. The Balaban J connectivity index is 1.24. The maximum Gasteiger partial charge on any atom is 0.277 e. The van der Waals surface area contributed by atoms with E-state index in [0.29, 0.717) is 11.4 Å². The standard InChI is InChI=1S/C24H24N6O2S/c1-16-14-22(28-24(25-16)30-11-3-2-4-12-30)26-17-7-9-18(10-8-17)27-23(31)19-15-20(32-29-19)21-6-5-13-33-21/h5-10,13-15H,2-4,11-12H2,1H3,(H,27,31)(H,25,26,28). The van der Waals surface area contributed by atoms with Crippen LogP contribution in [0.4, 0.5) is 23.1 Å². The van der Waals surface area contributed by atoms with Crippen LogP contribution in [0.5, 0.6) is 0 Å². The molecule has 1 fully saturated rings. The third-order valence-corrected chi connectivity index (χ3v) is 6.29. The Hall–Kier alpha value is -3.72. The summed E-state index contributed by atoms with van der Waals surface area (Å²) in [7, 11) is 0. The van der Waals surface area contributed by atoms with E-state index in [2.05, 4.69) is 25.7 Å². The van der Waals surface area contributed by atoms with Crippen molar-refractivity contribution in [1.29, 1.82) is 0 Å². The number of carbonyl (C=O) groups is 1. The molecule has 9 heteroatoms. The van der Waals surface area contributed by atoms with E-state index >= 15 is 0 Å². The number of thiophene rings is 1. The molecule has 0 radical (unpaired) electrons. The van der Waals surface area contributed by atoms with Gasteiger partial charge in [0.25, 0.3) is 5.91 Å². The Morgan fingerprint density at radius 3 is 2.58 bits per heavy atom. The van der Waals surface area contributed by atoms with Crippen molar-refractivity contribution in [2.45, 2.75) is 26.2 Å². The molecule has 4 heterocycles. The number of hydrogen-bond acceptors (Lipinski definition) is 8. The second kappa shape index (κ2) is 9.41. The van der Waals surface area contributed by atoms with Crippen molar-refractivity contribution in [3.05, 3.63) is 65.3 Å². The van der Waals surface area contributed by atoms with Crippen LogP contribution in [-0.4, -0.2) is 34.1 Å². The van der Waals surface area contributed by atoms with Crippen LogP contribution in [0.25, 0.3) is 10.6 Å². The second-order valence-corrected chi connectivity index (χ2v) is 8.90. The van der Waals surface area contributed by atoms with Gasteiger partial charge in [-0.25, -0.2) is 4.98 Å². The number of carbonyl (C=O) groups excluding carboxylic acids is 1. The van der Waals surface area contributed by atoms with Crippen LogP contribution in [0.3, 0.4) is 0 Å². The van der Waals surface area contributed by atoms with Gasteiger partial charge >= 0.3 is 0 Å². The minimum absolute atomic E-state index is 0.238. The lowest BCUT2D eigenvalue weighted by Gasteiger charge is -2.27.